The molecule has 0 saturated heterocycles. The molecule has 1 atom stereocenters. The van der Waals surface area contributed by atoms with Gasteiger partial charge in [-0.2, -0.15) is 0 Å². The zero-order valence-electron chi connectivity index (χ0n) is 21.5. The van der Waals surface area contributed by atoms with Crippen LogP contribution in [0.25, 0.3) is 0 Å². The second kappa shape index (κ2) is 12.9. The number of nitrogens with zero attached hydrogens (tertiary/aromatic N) is 2. The van der Waals surface area contributed by atoms with Gasteiger partial charge in [0.2, 0.25) is 11.8 Å². The molecule has 202 valence electrons. The SMILES string of the molecule is CCC(C(=O)NC(C)C)N(Cc1ccc(F)cc1)C(=O)CN(c1ccccc1)S(=O)(=O)c1ccc(Cl)cc1. The molecule has 1 N–H and O–H groups in total. The van der Waals surface area contributed by atoms with Crippen LogP contribution in [0, 0.1) is 5.82 Å². The summed E-state index contributed by atoms with van der Waals surface area (Å²) in [6, 6.07) is 18.5. The van der Waals surface area contributed by atoms with E-state index in [0.29, 0.717) is 17.0 Å². The van der Waals surface area contributed by atoms with Gasteiger partial charge in [-0.3, -0.25) is 13.9 Å². The molecule has 7 nitrogen and oxygen atoms in total. The summed E-state index contributed by atoms with van der Waals surface area (Å²) in [5, 5.41) is 3.21. The van der Waals surface area contributed by atoms with E-state index < -0.39 is 34.3 Å². The van der Waals surface area contributed by atoms with Crippen molar-refractivity contribution in [3.63, 3.8) is 0 Å². The Hall–Kier alpha value is -3.43. The minimum Gasteiger partial charge on any atom is -0.352 e. The van der Waals surface area contributed by atoms with Crippen LogP contribution in [0.4, 0.5) is 10.1 Å². The van der Waals surface area contributed by atoms with Crippen molar-refractivity contribution < 1.29 is 22.4 Å². The standard InChI is InChI=1S/C28H31ClFN3O4S/c1-4-26(28(35)31-20(2)3)32(18-21-10-14-23(30)15-11-21)27(34)19-33(24-8-6-5-7-9-24)38(36,37)25-16-12-22(29)13-17-25/h5-17,20,26H,4,18-19H2,1-3H3,(H,31,35). The first-order chi connectivity index (χ1) is 18.0. The van der Waals surface area contributed by atoms with Gasteiger partial charge >= 0.3 is 0 Å². The molecule has 0 aliphatic carbocycles. The molecule has 0 heterocycles. The lowest BCUT2D eigenvalue weighted by Crippen LogP contribution is -2.53. The van der Waals surface area contributed by atoms with Crippen LogP contribution in [0.3, 0.4) is 0 Å². The molecule has 3 aromatic carbocycles. The average Bonchev–Trinajstić information content (AvgIpc) is 2.88. The summed E-state index contributed by atoms with van der Waals surface area (Å²) in [7, 11) is -4.17. The highest BCUT2D eigenvalue weighted by Gasteiger charge is 2.33. The Kier molecular flexibility index (Phi) is 9.88. The van der Waals surface area contributed by atoms with Gasteiger partial charge in [0.1, 0.15) is 18.4 Å². The van der Waals surface area contributed by atoms with Crippen molar-refractivity contribution in [1.29, 1.82) is 0 Å². The lowest BCUT2D eigenvalue weighted by Gasteiger charge is -2.33. The number of amides is 2. The topological polar surface area (TPSA) is 86.8 Å². The molecule has 0 aromatic heterocycles. The Labute approximate surface area is 228 Å². The highest BCUT2D eigenvalue weighted by Crippen LogP contribution is 2.25. The molecule has 2 amide bonds. The molecule has 0 aliphatic heterocycles. The summed E-state index contributed by atoms with van der Waals surface area (Å²) in [6.45, 7) is 4.84. The summed E-state index contributed by atoms with van der Waals surface area (Å²) >= 11 is 5.96. The van der Waals surface area contributed by atoms with Crippen LogP contribution < -0.4 is 9.62 Å². The molecule has 0 saturated carbocycles. The van der Waals surface area contributed by atoms with Crippen molar-refractivity contribution in [2.45, 2.75) is 50.7 Å². The summed E-state index contributed by atoms with van der Waals surface area (Å²) in [6.07, 6.45) is 0.292. The normalized spacial score (nSPS) is 12.2. The third-order valence-corrected chi connectivity index (χ3v) is 7.85. The molecule has 0 spiro atoms. The number of sulfonamides is 1. The second-order valence-electron chi connectivity index (χ2n) is 9.04. The lowest BCUT2D eigenvalue weighted by atomic mass is 10.1. The van der Waals surface area contributed by atoms with E-state index in [0.717, 1.165) is 4.31 Å². The fourth-order valence-corrected chi connectivity index (χ4v) is 5.48. The molecule has 0 radical (unpaired) electrons. The van der Waals surface area contributed by atoms with Gasteiger partial charge in [-0.15, -0.1) is 0 Å². The number of rotatable bonds is 11. The van der Waals surface area contributed by atoms with Crippen molar-refractivity contribution in [1.82, 2.24) is 10.2 Å². The minimum absolute atomic E-state index is 0.00719. The summed E-state index contributed by atoms with van der Waals surface area (Å²) in [4.78, 5) is 28.2. The van der Waals surface area contributed by atoms with Gasteiger partial charge in [-0.1, -0.05) is 48.9 Å². The van der Waals surface area contributed by atoms with Gasteiger partial charge in [0.05, 0.1) is 10.6 Å². The van der Waals surface area contributed by atoms with E-state index in [1.165, 1.54) is 53.4 Å². The smallest absolute Gasteiger partial charge is 0.264 e. The zero-order chi connectivity index (χ0) is 27.9. The molecule has 10 heteroatoms. The van der Waals surface area contributed by atoms with E-state index in [4.69, 9.17) is 11.6 Å². The Balaban J connectivity index is 2.03. The van der Waals surface area contributed by atoms with E-state index in [-0.39, 0.29) is 29.1 Å². The summed E-state index contributed by atoms with van der Waals surface area (Å²) < 4.78 is 42.0. The fourth-order valence-electron chi connectivity index (χ4n) is 3.94. The van der Waals surface area contributed by atoms with Crippen LogP contribution in [0.1, 0.15) is 32.8 Å². The monoisotopic (exact) mass is 559 g/mol. The van der Waals surface area contributed by atoms with Crippen molar-refractivity contribution >= 4 is 39.1 Å². The van der Waals surface area contributed by atoms with Gasteiger partial charge in [-0.05, 0) is 74.4 Å². The van der Waals surface area contributed by atoms with Crippen LogP contribution in [0.15, 0.2) is 83.8 Å². The van der Waals surface area contributed by atoms with Crippen LogP contribution >= 0.6 is 11.6 Å². The van der Waals surface area contributed by atoms with Crippen molar-refractivity contribution in [3.8, 4) is 0 Å². The molecule has 0 bridgehead atoms. The Morgan fingerprint density at radius 2 is 1.55 bits per heavy atom. The predicted octanol–water partition coefficient (Wildman–Crippen LogP) is 5.01. The highest BCUT2D eigenvalue weighted by atomic mass is 35.5. The molecule has 1 unspecified atom stereocenters. The van der Waals surface area contributed by atoms with Crippen LogP contribution in [-0.2, 0) is 26.2 Å². The molecule has 38 heavy (non-hydrogen) atoms. The van der Waals surface area contributed by atoms with Crippen LogP contribution in [0.2, 0.25) is 5.02 Å². The third-order valence-electron chi connectivity index (χ3n) is 5.81. The first-order valence-electron chi connectivity index (χ1n) is 12.2. The predicted molar refractivity (Wildman–Crippen MR) is 147 cm³/mol. The van der Waals surface area contributed by atoms with Gasteiger partial charge in [0.25, 0.3) is 10.0 Å². The number of anilines is 1. The lowest BCUT2D eigenvalue weighted by molar-refractivity contribution is -0.140. The van der Waals surface area contributed by atoms with E-state index in [9.17, 15) is 22.4 Å². The zero-order valence-corrected chi connectivity index (χ0v) is 23.0. The van der Waals surface area contributed by atoms with E-state index in [1.54, 1.807) is 37.3 Å². The molecule has 3 aromatic rings. The maximum atomic E-state index is 13.9. The van der Waals surface area contributed by atoms with Gasteiger partial charge in [0, 0.05) is 17.6 Å². The van der Waals surface area contributed by atoms with Gasteiger partial charge in [0.15, 0.2) is 0 Å². The molecule has 3 rings (SSSR count). The van der Waals surface area contributed by atoms with Crippen molar-refractivity contribution in [2.24, 2.45) is 0 Å². The first kappa shape index (κ1) is 29.1. The first-order valence-corrected chi connectivity index (χ1v) is 14.0. The van der Waals surface area contributed by atoms with E-state index in [1.807, 2.05) is 13.8 Å². The molecule has 0 fully saturated rings. The van der Waals surface area contributed by atoms with Crippen LogP contribution in [0.5, 0.6) is 0 Å². The number of carbonyl (C=O) groups excluding carboxylic acids is 2. The number of halogens is 2. The Morgan fingerprint density at radius 3 is 2.11 bits per heavy atom. The summed E-state index contributed by atoms with van der Waals surface area (Å²) in [5.74, 6) is -1.37. The molecular weight excluding hydrogens is 529 g/mol. The molecular formula is C28H31ClFN3O4S. The Morgan fingerprint density at radius 1 is 0.947 bits per heavy atom. The van der Waals surface area contributed by atoms with E-state index >= 15 is 0 Å². The maximum absolute atomic E-state index is 13.9. The quantitative estimate of drug-likeness (QED) is 0.358. The van der Waals surface area contributed by atoms with E-state index in [2.05, 4.69) is 5.32 Å². The number of carbonyl (C=O) groups is 2. The van der Waals surface area contributed by atoms with Gasteiger partial charge in [-0.25, -0.2) is 12.8 Å². The number of para-hydroxylation sites is 1. The minimum atomic E-state index is -4.17. The number of benzene rings is 3. The number of hydrogen-bond acceptors (Lipinski definition) is 4. The van der Waals surface area contributed by atoms with Crippen LogP contribution in [-0.4, -0.2) is 43.8 Å². The van der Waals surface area contributed by atoms with Crippen molar-refractivity contribution in [3.05, 3.63) is 95.3 Å². The number of hydrogen-bond donors (Lipinski definition) is 1. The Bertz CT molecular complexity index is 1330. The summed E-state index contributed by atoms with van der Waals surface area (Å²) in [5.41, 5.74) is 0.888. The highest BCUT2D eigenvalue weighted by molar-refractivity contribution is 7.92. The second-order valence-corrected chi connectivity index (χ2v) is 11.3. The largest absolute Gasteiger partial charge is 0.352 e. The van der Waals surface area contributed by atoms with Crippen molar-refractivity contribution in [2.75, 3.05) is 10.8 Å². The number of nitrogens with one attached hydrogen (secondary N) is 1. The average molecular weight is 560 g/mol. The van der Waals surface area contributed by atoms with Gasteiger partial charge < -0.3 is 10.2 Å². The third kappa shape index (κ3) is 7.33. The fraction of sp³-hybridized carbons (Fsp3) is 0.286. The molecule has 0 aliphatic rings. The maximum Gasteiger partial charge on any atom is 0.264 e.